The summed E-state index contributed by atoms with van der Waals surface area (Å²) in [7, 11) is -2.15. The molecule has 0 radical (unpaired) electrons. The van der Waals surface area contributed by atoms with E-state index in [1.807, 2.05) is 13.8 Å². The monoisotopic (exact) mass is 299 g/mol. The average Bonchev–Trinajstić information content (AvgIpc) is 2.94. The molecule has 0 heterocycles. The zero-order valence-corrected chi connectivity index (χ0v) is 12.3. The summed E-state index contributed by atoms with van der Waals surface area (Å²) in [6.45, 7) is 3.96. The number of benzene rings is 1. The molecule has 1 aromatic rings. The van der Waals surface area contributed by atoms with Crippen molar-refractivity contribution in [1.82, 2.24) is 4.72 Å². The van der Waals surface area contributed by atoms with Crippen LogP contribution in [0.1, 0.15) is 20.3 Å². The zero-order chi connectivity index (χ0) is 15.1. The van der Waals surface area contributed by atoms with Gasteiger partial charge in [-0.05, 0) is 24.0 Å². The van der Waals surface area contributed by atoms with E-state index in [2.05, 4.69) is 10.0 Å². The third-order valence-corrected chi connectivity index (χ3v) is 5.02. The zero-order valence-electron chi connectivity index (χ0n) is 11.5. The molecule has 1 atom stereocenters. The summed E-state index contributed by atoms with van der Waals surface area (Å²) in [6.07, 6.45) is 0.790. The molecule has 1 aromatic carbocycles. The van der Waals surface area contributed by atoms with Crippen LogP contribution in [0, 0.1) is 15.5 Å². The topological polar surface area (TPSA) is 101 Å². The van der Waals surface area contributed by atoms with Crippen molar-refractivity contribution in [3.63, 3.8) is 0 Å². The normalized spacial score (nSPS) is 20.4. The fourth-order valence-electron chi connectivity index (χ4n) is 1.97. The van der Waals surface area contributed by atoms with Gasteiger partial charge in [-0.3, -0.25) is 10.1 Å². The fraction of sp³-hybridized carbons (Fsp3) is 0.500. The van der Waals surface area contributed by atoms with Crippen LogP contribution in [-0.4, -0.2) is 26.4 Å². The number of nitro benzene ring substituents is 1. The maximum atomic E-state index is 12.2. The lowest BCUT2D eigenvalue weighted by atomic mass is 10.2. The lowest BCUT2D eigenvalue weighted by molar-refractivity contribution is -0.384. The van der Waals surface area contributed by atoms with E-state index in [-0.39, 0.29) is 27.7 Å². The molecule has 7 nitrogen and oxygen atoms in total. The lowest BCUT2D eigenvalue weighted by Gasteiger charge is -2.10. The van der Waals surface area contributed by atoms with Gasteiger partial charge in [0.1, 0.15) is 5.69 Å². The van der Waals surface area contributed by atoms with Crippen LogP contribution in [0.25, 0.3) is 0 Å². The highest BCUT2D eigenvalue weighted by atomic mass is 32.2. The predicted octanol–water partition coefficient (Wildman–Crippen LogP) is 1.71. The summed E-state index contributed by atoms with van der Waals surface area (Å²) in [5.74, 6) is 0. The number of nitrogens with one attached hydrogen (secondary N) is 2. The molecule has 0 spiro atoms. The highest BCUT2D eigenvalue weighted by Crippen LogP contribution is 2.45. The van der Waals surface area contributed by atoms with Crippen molar-refractivity contribution in [3.8, 4) is 0 Å². The van der Waals surface area contributed by atoms with Crippen molar-refractivity contribution in [2.45, 2.75) is 31.2 Å². The summed E-state index contributed by atoms with van der Waals surface area (Å²) in [5, 5.41) is 13.5. The molecule has 1 aliphatic rings. The van der Waals surface area contributed by atoms with E-state index in [0.29, 0.717) is 0 Å². The second-order valence-electron chi connectivity index (χ2n) is 5.55. The van der Waals surface area contributed by atoms with Crippen molar-refractivity contribution in [2.75, 3.05) is 12.4 Å². The van der Waals surface area contributed by atoms with Crippen molar-refractivity contribution in [3.05, 3.63) is 28.3 Å². The van der Waals surface area contributed by atoms with Gasteiger partial charge in [-0.15, -0.1) is 0 Å². The molecule has 2 N–H and O–H groups in total. The third-order valence-electron chi connectivity index (χ3n) is 3.56. The number of nitro groups is 1. The minimum Gasteiger partial charge on any atom is -0.383 e. The van der Waals surface area contributed by atoms with E-state index >= 15 is 0 Å². The molecule has 1 saturated carbocycles. The first-order valence-electron chi connectivity index (χ1n) is 6.16. The minimum atomic E-state index is -3.66. The summed E-state index contributed by atoms with van der Waals surface area (Å²) in [4.78, 5) is 10.3. The molecule has 110 valence electrons. The van der Waals surface area contributed by atoms with Gasteiger partial charge in [-0.25, -0.2) is 13.1 Å². The van der Waals surface area contributed by atoms with Gasteiger partial charge in [0, 0.05) is 19.2 Å². The summed E-state index contributed by atoms with van der Waals surface area (Å²) < 4.78 is 27.0. The van der Waals surface area contributed by atoms with E-state index < -0.39 is 14.9 Å². The molecule has 1 unspecified atom stereocenters. The Bertz CT molecular complexity index is 655. The Kier molecular flexibility index (Phi) is 3.47. The Morgan fingerprint density at radius 3 is 2.45 bits per heavy atom. The predicted molar refractivity (Wildman–Crippen MR) is 75.2 cm³/mol. The summed E-state index contributed by atoms with van der Waals surface area (Å²) in [5.41, 5.74) is -0.00852. The second-order valence-corrected chi connectivity index (χ2v) is 7.27. The molecule has 0 aliphatic heterocycles. The number of rotatable bonds is 5. The van der Waals surface area contributed by atoms with Crippen LogP contribution < -0.4 is 10.0 Å². The van der Waals surface area contributed by atoms with E-state index in [1.165, 1.54) is 25.2 Å². The number of nitrogens with zero attached hydrogens (tertiary/aromatic N) is 1. The van der Waals surface area contributed by atoms with Crippen LogP contribution in [0.15, 0.2) is 23.1 Å². The Balaban J connectivity index is 2.31. The summed E-state index contributed by atoms with van der Waals surface area (Å²) >= 11 is 0. The number of anilines is 1. The molecule has 1 aliphatic carbocycles. The molecule has 0 saturated heterocycles. The highest BCUT2D eigenvalue weighted by Gasteiger charge is 2.47. The van der Waals surface area contributed by atoms with Gasteiger partial charge in [0.05, 0.1) is 9.82 Å². The second kappa shape index (κ2) is 4.71. The molecule has 0 aromatic heterocycles. The van der Waals surface area contributed by atoms with Crippen LogP contribution in [0.2, 0.25) is 0 Å². The largest absolute Gasteiger partial charge is 0.383 e. The van der Waals surface area contributed by atoms with E-state index in [4.69, 9.17) is 0 Å². The maximum absolute atomic E-state index is 12.2. The van der Waals surface area contributed by atoms with Crippen LogP contribution in [-0.2, 0) is 10.0 Å². The first-order valence-corrected chi connectivity index (χ1v) is 7.64. The fourth-order valence-corrected chi connectivity index (χ4v) is 3.40. The standard InChI is InChI=1S/C12H17N3O4S/c1-12(2)7-11(12)14-20(18,19)8-4-5-10(15(16)17)9(6-8)13-3/h4-6,11,13-14H,7H2,1-3H3. The van der Waals surface area contributed by atoms with Crippen molar-refractivity contribution >= 4 is 21.4 Å². The average molecular weight is 299 g/mol. The summed E-state index contributed by atoms with van der Waals surface area (Å²) in [6, 6.07) is 3.63. The molecular weight excluding hydrogens is 282 g/mol. The third kappa shape index (κ3) is 2.75. The Morgan fingerprint density at radius 1 is 1.40 bits per heavy atom. The quantitative estimate of drug-likeness (QED) is 0.636. The lowest BCUT2D eigenvalue weighted by Crippen LogP contribution is -2.28. The van der Waals surface area contributed by atoms with E-state index in [0.717, 1.165) is 6.42 Å². The van der Waals surface area contributed by atoms with Gasteiger partial charge in [-0.1, -0.05) is 13.8 Å². The van der Waals surface area contributed by atoms with Gasteiger partial charge < -0.3 is 5.32 Å². The van der Waals surface area contributed by atoms with Gasteiger partial charge >= 0.3 is 0 Å². The van der Waals surface area contributed by atoms with Crippen molar-refractivity contribution < 1.29 is 13.3 Å². The molecule has 2 rings (SSSR count). The molecule has 0 bridgehead atoms. The Hall–Kier alpha value is -1.67. The molecule has 1 fully saturated rings. The van der Waals surface area contributed by atoms with Crippen LogP contribution in [0.3, 0.4) is 0 Å². The molecular formula is C12H17N3O4S. The molecule has 0 amide bonds. The number of sulfonamides is 1. The SMILES string of the molecule is CNc1cc(S(=O)(=O)NC2CC2(C)C)ccc1[N+](=O)[O-]. The number of hydrogen-bond donors (Lipinski definition) is 2. The minimum absolute atomic E-state index is 0.0233. The smallest absolute Gasteiger partial charge is 0.292 e. The first kappa shape index (κ1) is 14.7. The van der Waals surface area contributed by atoms with Gasteiger partial charge in [0.2, 0.25) is 10.0 Å². The van der Waals surface area contributed by atoms with Gasteiger partial charge in [0.15, 0.2) is 0 Å². The molecule has 20 heavy (non-hydrogen) atoms. The van der Waals surface area contributed by atoms with Crippen LogP contribution in [0.5, 0.6) is 0 Å². The van der Waals surface area contributed by atoms with E-state index in [9.17, 15) is 18.5 Å². The first-order chi connectivity index (χ1) is 9.17. The highest BCUT2D eigenvalue weighted by molar-refractivity contribution is 7.89. The molecule has 8 heteroatoms. The van der Waals surface area contributed by atoms with Crippen LogP contribution in [0.4, 0.5) is 11.4 Å². The Morgan fingerprint density at radius 2 is 2.00 bits per heavy atom. The number of hydrogen-bond acceptors (Lipinski definition) is 5. The van der Waals surface area contributed by atoms with Gasteiger partial charge in [0.25, 0.3) is 5.69 Å². The maximum Gasteiger partial charge on any atom is 0.292 e. The van der Waals surface area contributed by atoms with Gasteiger partial charge in [-0.2, -0.15) is 0 Å². The Labute approximate surface area is 117 Å². The van der Waals surface area contributed by atoms with E-state index in [1.54, 1.807) is 0 Å². The van der Waals surface area contributed by atoms with Crippen LogP contribution >= 0.6 is 0 Å². The van der Waals surface area contributed by atoms with Crippen molar-refractivity contribution in [1.29, 1.82) is 0 Å². The van der Waals surface area contributed by atoms with Crippen molar-refractivity contribution in [2.24, 2.45) is 5.41 Å².